The van der Waals surface area contributed by atoms with Gasteiger partial charge in [-0.15, -0.1) is 0 Å². The van der Waals surface area contributed by atoms with Crippen molar-refractivity contribution in [2.24, 2.45) is 5.41 Å². The predicted octanol–water partition coefficient (Wildman–Crippen LogP) is 0.712. The number of carbonyl (C=O) groups excluding carboxylic acids is 1. The standard InChI is InChI=1S/C13H24N2O3S2/c1-3-13(5-4-6-14-10-13)12(16)15-7-8-19-9-11(15)20(2,17)18/h11,14H,3-10H2,1-2H3. The Morgan fingerprint density at radius 1 is 1.50 bits per heavy atom. The van der Waals surface area contributed by atoms with Crippen molar-refractivity contribution in [2.75, 3.05) is 37.4 Å². The minimum absolute atomic E-state index is 0.0305. The lowest BCUT2D eigenvalue weighted by Gasteiger charge is -2.43. The zero-order valence-corrected chi connectivity index (χ0v) is 13.9. The van der Waals surface area contributed by atoms with Gasteiger partial charge in [0.05, 0.1) is 5.41 Å². The highest BCUT2D eigenvalue weighted by atomic mass is 32.2. The average molecular weight is 320 g/mol. The summed E-state index contributed by atoms with van der Waals surface area (Å²) >= 11 is 1.62. The molecule has 2 rings (SSSR count). The predicted molar refractivity (Wildman–Crippen MR) is 82.5 cm³/mol. The molecule has 0 bridgehead atoms. The number of rotatable bonds is 3. The molecule has 2 unspecified atom stereocenters. The Labute approximate surface area is 125 Å². The van der Waals surface area contributed by atoms with E-state index in [-0.39, 0.29) is 5.91 Å². The first kappa shape index (κ1) is 16.1. The molecule has 0 saturated carbocycles. The molecular formula is C13H24N2O3S2. The van der Waals surface area contributed by atoms with Gasteiger partial charge >= 0.3 is 0 Å². The van der Waals surface area contributed by atoms with Crippen molar-refractivity contribution in [1.82, 2.24) is 10.2 Å². The third kappa shape index (κ3) is 3.14. The van der Waals surface area contributed by atoms with Crippen LogP contribution in [0.5, 0.6) is 0 Å². The molecule has 2 heterocycles. The number of nitrogens with one attached hydrogen (secondary N) is 1. The van der Waals surface area contributed by atoms with Gasteiger partial charge in [0.25, 0.3) is 0 Å². The topological polar surface area (TPSA) is 66.5 Å². The van der Waals surface area contributed by atoms with Gasteiger partial charge in [-0.3, -0.25) is 4.79 Å². The van der Waals surface area contributed by atoms with E-state index in [9.17, 15) is 13.2 Å². The molecule has 1 amide bonds. The van der Waals surface area contributed by atoms with Gasteiger partial charge in [0, 0.05) is 30.9 Å². The highest BCUT2D eigenvalue weighted by Gasteiger charge is 2.45. The van der Waals surface area contributed by atoms with Crippen molar-refractivity contribution in [3.63, 3.8) is 0 Å². The molecule has 0 aliphatic carbocycles. The summed E-state index contributed by atoms with van der Waals surface area (Å²) in [6.45, 7) is 4.19. The second-order valence-corrected chi connectivity index (χ2v) is 9.12. The summed E-state index contributed by atoms with van der Waals surface area (Å²) in [5, 5.41) is 2.64. The molecule has 2 aliphatic heterocycles. The molecule has 116 valence electrons. The number of hydrogen-bond donors (Lipinski definition) is 1. The third-order valence-electron chi connectivity index (χ3n) is 4.44. The second-order valence-electron chi connectivity index (χ2n) is 5.77. The molecule has 20 heavy (non-hydrogen) atoms. The molecule has 2 saturated heterocycles. The van der Waals surface area contributed by atoms with Gasteiger partial charge in [0.1, 0.15) is 5.37 Å². The van der Waals surface area contributed by atoms with Crippen molar-refractivity contribution in [2.45, 2.75) is 31.6 Å². The summed E-state index contributed by atoms with van der Waals surface area (Å²) < 4.78 is 23.9. The summed E-state index contributed by atoms with van der Waals surface area (Å²) in [5.41, 5.74) is -0.413. The van der Waals surface area contributed by atoms with Crippen LogP contribution >= 0.6 is 11.8 Å². The van der Waals surface area contributed by atoms with Gasteiger partial charge in [0.2, 0.25) is 5.91 Å². The lowest BCUT2D eigenvalue weighted by Crippen LogP contribution is -2.58. The molecule has 0 aromatic rings. The zero-order chi connectivity index (χ0) is 14.8. The van der Waals surface area contributed by atoms with Crippen LogP contribution in [0.4, 0.5) is 0 Å². The number of sulfone groups is 1. The number of carbonyl (C=O) groups is 1. The Morgan fingerprint density at radius 2 is 2.25 bits per heavy atom. The van der Waals surface area contributed by atoms with E-state index in [1.165, 1.54) is 6.26 Å². The van der Waals surface area contributed by atoms with Gasteiger partial charge in [-0.1, -0.05) is 6.92 Å². The van der Waals surface area contributed by atoms with Gasteiger partial charge in [-0.05, 0) is 25.8 Å². The molecule has 1 N–H and O–H groups in total. The van der Waals surface area contributed by atoms with E-state index < -0.39 is 20.6 Å². The Kier molecular flexibility index (Phi) is 5.02. The largest absolute Gasteiger partial charge is 0.323 e. The van der Waals surface area contributed by atoms with E-state index in [4.69, 9.17) is 0 Å². The van der Waals surface area contributed by atoms with Crippen LogP contribution in [0.15, 0.2) is 0 Å². The molecule has 2 fully saturated rings. The summed E-state index contributed by atoms with van der Waals surface area (Å²) in [5.74, 6) is 1.35. The summed E-state index contributed by atoms with van der Waals surface area (Å²) in [4.78, 5) is 14.6. The van der Waals surface area contributed by atoms with E-state index in [0.717, 1.165) is 31.6 Å². The monoisotopic (exact) mass is 320 g/mol. The molecule has 0 spiro atoms. The van der Waals surface area contributed by atoms with Crippen LogP contribution in [0.3, 0.4) is 0 Å². The van der Waals surface area contributed by atoms with E-state index >= 15 is 0 Å². The first-order valence-corrected chi connectivity index (χ1v) is 10.3. The maximum atomic E-state index is 13.0. The fourth-order valence-corrected chi connectivity index (χ4v) is 5.89. The second kappa shape index (κ2) is 6.23. The summed E-state index contributed by atoms with van der Waals surface area (Å²) in [6, 6.07) is 0. The smallest absolute Gasteiger partial charge is 0.231 e. The number of thioether (sulfide) groups is 1. The van der Waals surface area contributed by atoms with Crippen LogP contribution in [-0.4, -0.2) is 62.0 Å². The maximum Gasteiger partial charge on any atom is 0.231 e. The quantitative estimate of drug-likeness (QED) is 0.830. The van der Waals surface area contributed by atoms with Crippen LogP contribution in [0.1, 0.15) is 26.2 Å². The van der Waals surface area contributed by atoms with E-state index in [0.29, 0.717) is 18.8 Å². The molecule has 0 radical (unpaired) electrons. The number of amides is 1. The number of hydrogen-bond acceptors (Lipinski definition) is 5. The van der Waals surface area contributed by atoms with Gasteiger partial charge in [-0.2, -0.15) is 11.8 Å². The highest BCUT2D eigenvalue weighted by Crippen LogP contribution is 2.35. The molecule has 5 nitrogen and oxygen atoms in total. The minimum atomic E-state index is -3.23. The summed E-state index contributed by atoms with van der Waals surface area (Å²) in [6.07, 6.45) is 3.84. The average Bonchev–Trinajstić information content (AvgIpc) is 2.46. The van der Waals surface area contributed by atoms with E-state index in [2.05, 4.69) is 5.32 Å². The molecule has 0 aromatic heterocycles. The van der Waals surface area contributed by atoms with Gasteiger partial charge in [-0.25, -0.2) is 8.42 Å². The maximum absolute atomic E-state index is 13.0. The van der Waals surface area contributed by atoms with Crippen molar-refractivity contribution < 1.29 is 13.2 Å². The van der Waals surface area contributed by atoms with Crippen molar-refractivity contribution in [1.29, 1.82) is 0 Å². The van der Waals surface area contributed by atoms with Crippen LogP contribution in [-0.2, 0) is 14.6 Å². The minimum Gasteiger partial charge on any atom is -0.323 e. The number of piperidine rings is 1. The normalized spacial score (nSPS) is 32.1. The Morgan fingerprint density at radius 3 is 2.80 bits per heavy atom. The Hall–Kier alpha value is -0.270. The highest BCUT2D eigenvalue weighted by molar-refractivity contribution is 8.00. The molecule has 7 heteroatoms. The van der Waals surface area contributed by atoms with Crippen LogP contribution in [0, 0.1) is 5.41 Å². The van der Waals surface area contributed by atoms with E-state index in [1.54, 1.807) is 16.7 Å². The number of nitrogens with zero attached hydrogens (tertiary/aromatic N) is 1. The van der Waals surface area contributed by atoms with E-state index in [1.807, 2.05) is 6.92 Å². The summed E-state index contributed by atoms with van der Waals surface area (Å²) in [7, 11) is -3.23. The lowest BCUT2D eigenvalue weighted by molar-refractivity contribution is -0.144. The molecule has 2 aliphatic rings. The first-order valence-electron chi connectivity index (χ1n) is 7.19. The zero-order valence-electron chi connectivity index (χ0n) is 12.2. The fraction of sp³-hybridized carbons (Fsp3) is 0.923. The first-order chi connectivity index (χ1) is 9.41. The van der Waals surface area contributed by atoms with Crippen molar-refractivity contribution >= 4 is 27.5 Å². The Balaban J connectivity index is 2.24. The SMILES string of the molecule is CCC1(C(=O)N2CCSCC2S(C)(=O)=O)CCCNC1. The van der Waals surface area contributed by atoms with Gasteiger partial charge in [0.15, 0.2) is 9.84 Å². The third-order valence-corrected chi connectivity index (χ3v) is 7.09. The lowest BCUT2D eigenvalue weighted by atomic mass is 9.77. The molecule has 0 aromatic carbocycles. The van der Waals surface area contributed by atoms with Crippen LogP contribution in [0.25, 0.3) is 0 Å². The molecular weight excluding hydrogens is 296 g/mol. The van der Waals surface area contributed by atoms with Crippen molar-refractivity contribution in [3.05, 3.63) is 0 Å². The van der Waals surface area contributed by atoms with Crippen LogP contribution in [0.2, 0.25) is 0 Å². The van der Waals surface area contributed by atoms with Gasteiger partial charge < -0.3 is 10.2 Å². The Bertz CT molecular complexity index is 458. The van der Waals surface area contributed by atoms with Crippen molar-refractivity contribution in [3.8, 4) is 0 Å². The van der Waals surface area contributed by atoms with Crippen LogP contribution < -0.4 is 5.32 Å². The fourth-order valence-electron chi connectivity index (χ4n) is 3.08. The molecule has 2 atom stereocenters.